The van der Waals surface area contributed by atoms with Gasteiger partial charge in [0.05, 0.1) is 75.1 Å². The van der Waals surface area contributed by atoms with E-state index in [2.05, 4.69) is 15.3 Å². The molecule has 5 aliphatic rings. The van der Waals surface area contributed by atoms with Gasteiger partial charge in [0.2, 0.25) is 0 Å². The number of amides is 4. The number of imide groups is 2. The Labute approximate surface area is 489 Å². The van der Waals surface area contributed by atoms with Crippen molar-refractivity contribution in [3.05, 3.63) is 153 Å². The number of H-pyrrole nitrogens is 2. The number of rotatable bonds is 5. The van der Waals surface area contributed by atoms with Crippen LogP contribution in [0.3, 0.4) is 0 Å². The Bertz CT molecular complexity index is 4950. The number of carbonyl (C=O) groups excluding carboxylic acids is 4. The van der Waals surface area contributed by atoms with Gasteiger partial charge in [-0.05, 0) is 65.1 Å². The maximum absolute atomic E-state index is 15.1. The second-order valence-electron chi connectivity index (χ2n) is 23.9. The molecule has 0 spiro atoms. The summed E-state index contributed by atoms with van der Waals surface area (Å²) >= 11 is 0. The molecular formula is C63H48F6N6O13. The SMILES string of the molecule is CC(C)(C)c1ccc(CN2C(=O)c3c(c4c5cc(F)c(F)cc5n([C@@H]5O[C@H](CO)[C@@H](O)[C@H](O)[C@H]5O)c4c4[nH]c5cc(F)c(F)cc5c34)C2=O)cc1.O=C1NC(=O)c2c1c1c3cc(F)ccc3[nH]c1c1c2c2cc(F)ccc2n1[C@@H]1O[C@@H]2CO[C@H]([C@H]1O)[C@H]2O. The molecule has 10 atom stereocenters. The molecule has 16 rings (SSSR count). The van der Waals surface area contributed by atoms with Gasteiger partial charge in [0.25, 0.3) is 23.6 Å². The summed E-state index contributed by atoms with van der Waals surface area (Å²) in [5.74, 6) is -9.07. The molecule has 450 valence electrons. The molecule has 2 bridgehead atoms. The highest BCUT2D eigenvalue weighted by atomic mass is 19.2. The number of aromatic nitrogens is 4. The monoisotopic (exact) mass is 1210 g/mol. The minimum absolute atomic E-state index is 0.00439. The van der Waals surface area contributed by atoms with Crippen molar-refractivity contribution >= 4 is 111 Å². The van der Waals surface area contributed by atoms with Crippen molar-refractivity contribution in [2.45, 2.75) is 94.0 Å². The van der Waals surface area contributed by atoms with Crippen LogP contribution in [0.1, 0.15) is 85.8 Å². The number of fused-ring (bicyclic) bond motifs is 22. The van der Waals surface area contributed by atoms with Crippen LogP contribution < -0.4 is 5.32 Å². The van der Waals surface area contributed by atoms with Gasteiger partial charge in [-0.25, -0.2) is 26.3 Å². The third-order valence-corrected chi connectivity index (χ3v) is 17.8. The molecule has 5 aliphatic heterocycles. The highest BCUT2D eigenvalue weighted by molar-refractivity contribution is 6.41. The molecule has 4 aromatic heterocycles. The van der Waals surface area contributed by atoms with Crippen molar-refractivity contribution < 1.29 is 90.4 Å². The van der Waals surface area contributed by atoms with Crippen LogP contribution in [-0.4, -0.2) is 140 Å². The molecule has 7 aromatic carbocycles. The van der Waals surface area contributed by atoms with Gasteiger partial charge in [0.1, 0.15) is 60.5 Å². The second kappa shape index (κ2) is 19.4. The van der Waals surface area contributed by atoms with Crippen molar-refractivity contribution in [1.82, 2.24) is 29.3 Å². The summed E-state index contributed by atoms with van der Waals surface area (Å²) < 4.78 is 109. The first-order valence-corrected chi connectivity index (χ1v) is 27.9. The minimum atomic E-state index is -1.93. The number of nitrogens with zero attached hydrogens (tertiary/aromatic N) is 3. The summed E-state index contributed by atoms with van der Waals surface area (Å²) in [5.41, 5.74) is 2.63. The number of ether oxygens (including phenoxy) is 3. The number of aliphatic hydroxyl groups is 6. The molecule has 11 aromatic rings. The third kappa shape index (κ3) is 7.78. The Hall–Kier alpha value is -8.76. The maximum Gasteiger partial charge on any atom is 0.262 e. The summed E-state index contributed by atoms with van der Waals surface area (Å²) in [6.45, 7) is 5.20. The summed E-state index contributed by atoms with van der Waals surface area (Å²) in [7, 11) is 0. The van der Waals surface area contributed by atoms with E-state index in [1.807, 2.05) is 32.9 Å². The molecule has 25 heteroatoms. The van der Waals surface area contributed by atoms with E-state index in [9.17, 15) is 67.4 Å². The molecule has 0 radical (unpaired) electrons. The van der Waals surface area contributed by atoms with E-state index in [0.717, 1.165) is 39.3 Å². The summed E-state index contributed by atoms with van der Waals surface area (Å²) in [5, 5.41) is 67.6. The van der Waals surface area contributed by atoms with Crippen molar-refractivity contribution in [3.63, 3.8) is 0 Å². The molecular weight excluding hydrogens is 1160 g/mol. The highest BCUT2D eigenvalue weighted by Gasteiger charge is 2.52. The molecule has 9 heterocycles. The Morgan fingerprint density at radius 3 is 1.75 bits per heavy atom. The van der Waals surface area contributed by atoms with Gasteiger partial charge >= 0.3 is 0 Å². The normalized spacial score (nSPS) is 24.6. The van der Waals surface area contributed by atoms with E-state index in [0.29, 0.717) is 49.2 Å². The van der Waals surface area contributed by atoms with Crippen LogP contribution in [0.2, 0.25) is 0 Å². The molecule has 88 heavy (non-hydrogen) atoms. The van der Waals surface area contributed by atoms with Gasteiger partial charge in [0, 0.05) is 66.3 Å². The number of aromatic amines is 2. The lowest BCUT2D eigenvalue weighted by Gasteiger charge is -2.41. The Morgan fingerprint density at radius 2 is 1.08 bits per heavy atom. The van der Waals surface area contributed by atoms with Crippen molar-refractivity contribution in [1.29, 1.82) is 0 Å². The lowest BCUT2D eigenvalue weighted by molar-refractivity contribution is -0.249. The predicted molar refractivity (Wildman–Crippen MR) is 303 cm³/mol. The zero-order valence-corrected chi connectivity index (χ0v) is 46.1. The molecule has 9 N–H and O–H groups in total. The van der Waals surface area contributed by atoms with Gasteiger partial charge in [0.15, 0.2) is 35.7 Å². The quantitative estimate of drug-likeness (QED) is 0.0592. The fourth-order valence-electron chi connectivity index (χ4n) is 13.7. The average molecular weight is 1210 g/mol. The fraction of sp³-hybridized carbons (Fsp3) is 0.270. The maximum atomic E-state index is 15.1. The molecule has 4 amide bonds. The van der Waals surface area contributed by atoms with Gasteiger partial charge in [-0.2, -0.15) is 0 Å². The van der Waals surface area contributed by atoms with Crippen LogP contribution in [0.5, 0.6) is 0 Å². The lowest BCUT2D eigenvalue weighted by atomic mass is 9.87. The van der Waals surface area contributed by atoms with Crippen LogP contribution in [0.25, 0.3) is 87.2 Å². The van der Waals surface area contributed by atoms with E-state index >= 15 is 8.78 Å². The summed E-state index contributed by atoms with van der Waals surface area (Å²) in [6, 6.07) is 18.7. The van der Waals surface area contributed by atoms with E-state index < -0.39 is 126 Å². The van der Waals surface area contributed by atoms with Crippen molar-refractivity contribution in [2.24, 2.45) is 0 Å². The van der Waals surface area contributed by atoms with Gasteiger partial charge in [-0.1, -0.05) is 45.0 Å². The molecule has 3 saturated heterocycles. The number of benzene rings is 7. The number of aliphatic hydroxyl groups excluding tert-OH is 6. The molecule has 0 saturated carbocycles. The first-order chi connectivity index (χ1) is 41.9. The fourth-order valence-corrected chi connectivity index (χ4v) is 13.7. The zero-order chi connectivity index (χ0) is 61.7. The first kappa shape index (κ1) is 55.8. The van der Waals surface area contributed by atoms with Crippen LogP contribution >= 0.6 is 0 Å². The summed E-state index contributed by atoms with van der Waals surface area (Å²) in [6.07, 6.45) is -13.7. The van der Waals surface area contributed by atoms with Crippen LogP contribution in [0, 0.1) is 34.9 Å². The topological polar surface area (TPSA) is 274 Å². The van der Waals surface area contributed by atoms with Crippen LogP contribution in [0.4, 0.5) is 26.3 Å². The lowest BCUT2D eigenvalue weighted by Crippen LogP contribution is -2.56. The average Bonchev–Trinajstić information content (AvgIpc) is 1.54. The standard InChI is InChI=1S/C37H31F4N3O7.C26H17F2N3O6/c1-37(2,3)15-6-4-14(5-7-15)12-43-34(49)27-25-16-8-18(38)20(40)10-22(16)42-29(25)30-26(28(27)35(43)50)17-9-19(39)21(41)11-23(17)44(30)36-33(48)32(47)31(46)24(13-45)51-36;27-8-1-3-12-10(5-8)15-17-18(25(35)30-24(17)34)16-11-6-9(28)2-4-13(11)31(20(16)19(15)29-12)26-22(33)23-21(32)14(37-26)7-36-23/h4-11,24,31-33,36,42,45-48H,12-13H2,1-3H3;1-6,14,21-23,26,29,32-33H,7H2,(H,30,34,35)/t24-,31-,32+,33-,36-;14-,21+,22-,23+,26-/m11/s1. The molecule has 0 aliphatic carbocycles. The predicted octanol–water partition coefficient (Wildman–Crippen LogP) is 7.66. The number of halogens is 6. The third-order valence-electron chi connectivity index (χ3n) is 17.8. The van der Waals surface area contributed by atoms with Gasteiger partial charge < -0.3 is 64.0 Å². The summed E-state index contributed by atoms with van der Waals surface area (Å²) in [4.78, 5) is 62.3. The molecule has 19 nitrogen and oxygen atoms in total. The number of nitrogens with one attached hydrogen (secondary N) is 3. The van der Waals surface area contributed by atoms with E-state index in [1.54, 1.807) is 16.7 Å². The Balaban J connectivity index is 0.000000155. The first-order valence-electron chi connectivity index (χ1n) is 27.9. The van der Waals surface area contributed by atoms with E-state index in [1.165, 1.54) is 36.4 Å². The Kier molecular flexibility index (Phi) is 12.3. The van der Waals surface area contributed by atoms with Gasteiger partial charge in [-0.3, -0.25) is 29.4 Å². The van der Waals surface area contributed by atoms with Crippen molar-refractivity contribution in [3.8, 4) is 0 Å². The van der Waals surface area contributed by atoms with Crippen LogP contribution in [0.15, 0.2) is 84.9 Å². The number of hydrogen-bond donors (Lipinski definition) is 9. The Morgan fingerprint density at radius 1 is 0.545 bits per heavy atom. The smallest absolute Gasteiger partial charge is 0.262 e. The van der Waals surface area contributed by atoms with E-state index in [-0.39, 0.29) is 84.4 Å². The van der Waals surface area contributed by atoms with Crippen LogP contribution in [-0.2, 0) is 26.2 Å². The molecule has 0 unspecified atom stereocenters. The van der Waals surface area contributed by atoms with Crippen molar-refractivity contribution in [2.75, 3.05) is 13.2 Å². The number of hydrogen-bond acceptors (Lipinski definition) is 13. The van der Waals surface area contributed by atoms with E-state index in [4.69, 9.17) is 14.2 Å². The second-order valence-corrected chi connectivity index (χ2v) is 23.9. The highest BCUT2D eigenvalue weighted by Crippen LogP contribution is 2.50. The van der Waals surface area contributed by atoms with Gasteiger partial charge in [-0.15, -0.1) is 0 Å². The zero-order valence-electron chi connectivity index (χ0n) is 46.1. The largest absolute Gasteiger partial charge is 0.394 e. The number of carbonyl (C=O) groups is 4. The minimum Gasteiger partial charge on any atom is -0.394 e. The molecule has 3 fully saturated rings.